The molecule has 0 amide bonds. The Bertz CT molecular complexity index is 96.4. The predicted molar refractivity (Wildman–Crippen MR) is 38.8 cm³/mol. The molecule has 0 unspecified atom stereocenters. The van der Waals surface area contributed by atoms with Gasteiger partial charge in [0.2, 0.25) is 5.92 Å². The maximum atomic E-state index is 12.4. The molecule has 1 saturated heterocycles. The van der Waals surface area contributed by atoms with Crippen LogP contribution in [0.4, 0.5) is 8.78 Å². The van der Waals surface area contributed by atoms with Crippen molar-refractivity contribution in [3.63, 3.8) is 0 Å². The summed E-state index contributed by atoms with van der Waals surface area (Å²) < 4.78 is 24.8. The van der Waals surface area contributed by atoms with Gasteiger partial charge < -0.3 is 5.32 Å². The van der Waals surface area contributed by atoms with Crippen molar-refractivity contribution >= 4 is 12.4 Å². The molecule has 0 aromatic heterocycles. The summed E-state index contributed by atoms with van der Waals surface area (Å²) in [6.07, 6.45) is 0.615. The Morgan fingerprint density at radius 2 is 2.10 bits per heavy atom. The molecule has 4 heteroatoms. The monoisotopic (exact) mass is 171 g/mol. The lowest BCUT2D eigenvalue weighted by Crippen LogP contribution is -2.26. The van der Waals surface area contributed by atoms with E-state index < -0.39 is 11.8 Å². The van der Waals surface area contributed by atoms with Gasteiger partial charge in [-0.25, -0.2) is 8.78 Å². The van der Waals surface area contributed by atoms with Gasteiger partial charge in [-0.2, -0.15) is 0 Å². The van der Waals surface area contributed by atoms with E-state index in [1.54, 1.807) is 0 Å². The van der Waals surface area contributed by atoms with E-state index in [0.29, 0.717) is 13.0 Å². The van der Waals surface area contributed by atoms with E-state index in [2.05, 4.69) is 5.32 Å². The SMILES string of the molecule is CC(F)(F)[C@@H]1CCNC1.Cl. The van der Waals surface area contributed by atoms with E-state index in [0.717, 1.165) is 13.5 Å². The van der Waals surface area contributed by atoms with E-state index in [9.17, 15) is 8.78 Å². The van der Waals surface area contributed by atoms with Crippen LogP contribution in [-0.2, 0) is 0 Å². The van der Waals surface area contributed by atoms with Crippen molar-refractivity contribution in [2.75, 3.05) is 13.1 Å². The lowest BCUT2D eigenvalue weighted by atomic mass is 10.0. The summed E-state index contributed by atoms with van der Waals surface area (Å²) in [7, 11) is 0. The molecule has 1 N–H and O–H groups in total. The molecular formula is C6H12ClF2N. The molecule has 1 aliphatic rings. The lowest BCUT2D eigenvalue weighted by molar-refractivity contribution is -0.0314. The summed E-state index contributed by atoms with van der Waals surface area (Å²) in [6.45, 7) is 2.21. The first-order valence-electron chi connectivity index (χ1n) is 3.19. The number of alkyl halides is 2. The number of nitrogens with one attached hydrogen (secondary N) is 1. The first-order chi connectivity index (χ1) is 4.11. The smallest absolute Gasteiger partial charge is 0.249 e. The van der Waals surface area contributed by atoms with E-state index in [4.69, 9.17) is 0 Å². The fraction of sp³-hybridized carbons (Fsp3) is 1.00. The molecule has 1 rings (SSSR count). The molecule has 0 aromatic rings. The van der Waals surface area contributed by atoms with Crippen LogP contribution in [0.2, 0.25) is 0 Å². The van der Waals surface area contributed by atoms with E-state index in [1.165, 1.54) is 0 Å². The van der Waals surface area contributed by atoms with E-state index >= 15 is 0 Å². The van der Waals surface area contributed by atoms with Gasteiger partial charge >= 0.3 is 0 Å². The third-order valence-corrected chi connectivity index (χ3v) is 1.78. The van der Waals surface area contributed by atoms with Gasteiger partial charge in [0, 0.05) is 12.5 Å². The summed E-state index contributed by atoms with van der Waals surface area (Å²) in [4.78, 5) is 0. The minimum absolute atomic E-state index is 0. The second-order valence-corrected chi connectivity index (χ2v) is 2.65. The third-order valence-electron chi connectivity index (χ3n) is 1.78. The van der Waals surface area contributed by atoms with Crippen molar-refractivity contribution in [1.29, 1.82) is 0 Å². The van der Waals surface area contributed by atoms with Crippen LogP contribution in [0.1, 0.15) is 13.3 Å². The molecule has 0 radical (unpaired) electrons. The van der Waals surface area contributed by atoms with Gasteiger partial charge in [0.25, 0.3) is 0 Å². The van der Waals surface area contributed by atoms with Crippen LogP contribution in [-0.4, -0.2) is 19.0 Å². The van der Waals surface area contributed by atoms with Crippen LogP contribution in [0.25, 0.3) is 0 Å². The molecule has 1 atom stereocenters. The molecular weight excluding hydrogens is 160 g/mol. The number of rotatable bonds is 1. The summed E-state index contributed by atoms with van der Waals surface area (Å²) in [5.74, 6) is -2.92. The maximum absolute atomic E-state index is 12.4. The van der Waals surface area contributed by atoms with Crippen molar-refractivity contribution in [3.8, 4) is 0 Å². The molecule has 0 aliphatic carbocycles. The Balaban J connectivity index is 0.000000810. The summed E-state index contributed by atoms with van der Waals surface area (Å²) in [5.41, 5.74) is 0. The molecule has 1 heterocycles. The summed E-state index contributed by atoms with van der Waals surface area (Å²) in [6, 6.07) is 0. The van der Waals surface area contributed by atoms with Crippen LogP contribution in [0.3, 0.4) is 0 Å². The van der Waals surface area contributed by atoms with Crippen molar-refractivity contribution in [3.05, 3.63) is 0 Å². The van der Waals surface area contributed by atoms with Gasteiger partial charge in [0.05, 0.1) is 0 Å². The van der Waals surface area contributed by atoms with Gasteiger partial charge in [-0.3, -0.25) is 0 Å². The fourth-order valence-electron chi connectivity index (χ4n) is 1.09. The van der Waals surface area contributed by atoms with Crippen molar-refractivity contribution in [2.24, 2.45) is 5.92 Å². The van der Waals surface area contributed by atoms with Crippen LogP contribution < -0.4 is 5.32 Å². The Morgan fingerprint density at radius 3 is 2.30 bits per heavy atom. The number of hydrogen-bond acceptors (Lipinski definition) is 1. The predicted octanol–water partition coefficient (Wildman–Crippen LogP) is 1.67. The highest BCUT2D eigenvalue weighted by atomic mass is 35.5. The highest BCUT2D eigenvalue weighted by molar-refractivity contribution is 5.85. The van der Waals surface area contributed by atoms with Gasteiger partial charge in [-0.1, -0.05) is 0 Å². The zero-order chi connectivity index (χ0) is 6.91. The summed E-state index contributed by atoms with van der Waals surface area (Å²) >= 11 is 0. The molecule has 1 aliphatic heterocycles. The molecule has 62 valence electrons. The lowest BCUT2D eigenvalue weighted by Gasteiger charge is -2.16. The van der Waals surface area contributed by atoms with Gasteiger partial charge in [-0.15, -0.1) is 12.4 Å². The molecule has 0 saturated carbocycles. The highest BCUT2D eigenvalue weighted by Gasteiger charge is 2.35. The molecule has 10 heavy (non-hydrogen) atoms. The molecule has 0 bridgehead atoms. The fourth-order valence-corrected chi connectivity index (χ4v) is 1.09. The Kier molecular flexibility index (Phi) is 3.52. The molecule has 1 nitrogen and oxygen atoms in total. The Morgan fingerprint density at radius 1 is 1.50 bits per heavy atom. The minimum atomic E-state index is -2.48. The first-order valence-corrected chi connectivity index (χ1v) is 3.19. The first kappa shape index (κ1) is 10.1. The van der Waals surface area contributed by atoms with Crippen molar-refractivity contribution in [2.45, 2.75) is 19.3 Å². The largest absolute Gasteiger partial charge is 0.316 e. The average molecular weight is 172 g/mol. The quantitative estimate of drug-likeness (QED) is 0.633. The second kappa shape index (κ2) is 3.49. The zero-order valence-corrected chi connectivity index (χ0v) is 6.68. The topological polar surface area (TPSA) is 12.0 Å². The minimum Gasteiger partial charge on any atom is -0.316 e. The normalized spacial score (nSPS) is 26.1. The second-order valence-electron chi connectivity index (χ2n) is 2.65. The van der Waals surface area contributed by atoms with Gasteiger partial charge in [-0.05, 0) is 19.9 Å². The van der Waals surface area contributed by atoms with Crippen LogP contribution in [0.15, 0.2) is 0 Å². The van der Waals surface area contributed by atoms with Crippen LogP contribution in [0, 0.1) is 5.92 Å². The Hall–Kier alpha value is 0.110. The van der Waals surface area contributed by atoms with Crippen molar-refractivity contribution < 1.29 is 8.78 Å². The van der Waals surface area contributed by atoms with E-state index in [-0.39, 0.29) is 12.4 Å². The van der Waals surface area contributed by atoms with Crippen molar-refractivity contribution in [1.82, 2.24) is 5.32 Å². The standard InChI is InChI=1S/C6H11F2N.ClH/c1-6(7,8)5-2-3-9-4-5;/h5,9H,2-4H2,1H3;1H/t5-;/m1./s1. The van der Waals surface area contributed by atoms with E-state index in [1.807, 2.05) is 0 Å². The van der Waals surface area contributed by atoms with Crippen LogP contribution >= 0.6 is 12.4 Å². The number of hydrogen-bond donors (Lipinski definition) is 1. The summed E-state index contributed by atoms with van der Waals surface area (Å²) in [5, 5.41) is 2.90. The Labute approximate surface area is 65.6 Å². The highest BCUT2D eigenvalue weighted by Crippen LogP contribution is 2.27. The number of halogens is 3. The zero-order valence-electron chi connectivity index (χ0n) is 5.86. The molecule has 1 fully saturated rings. The van der Waals surface area contributed by atoms with Crippen LogP contribution in [0.5, 0.6) is 0 Å². The van der Waals surface area contributed by atoms with Gasteiger partial charge in [0.15, 0.2) is 0 Å². The van der Waals surface area contributed by atoms with Gasteiger partial charge in [0.1, 0.15) is 0 Å². The average Bonchev–Trinajstić information content (AvgIpc) is 2.08. The maximum Gasteiger partial charge on any atom is 0.249 e. The molecule has 0 spiro atoms. The third kappa shape index (κ3) is 2.39. The molecule has 0 aromatic carbocycles.